The maximum Gasteiger partial charge on any atom is 0.495 e. The molecule has 12 nitrogen and oxygen atoms in total. The van der Waals surface area contributed by atoms with Crippen molar-refractivity contribution < 1.29 is 37.8 Å². The van der Waals surface area contributed by atoms with Crippen LogP contribution in [0.1, 0.15) is 113 Å². The molecule has 52 heavy (non-hydrogen) atoms. The number of halogens is 1. The Bertz CT molecular complexity index is 1510. The van der Waals surface area contributed by atoms with Crippen LogP contribution in [-0.4, -0.2) is 107 Å². The zero-order chi connectivity index (χ0) is 38.1. The Labute approximate surface area is 315 Å². The van der Waals surface area contributed by atoms with E-state index in [9.17, 15) is 9.59 Å². The molecule has 1 unspecified atom stereocenters. The van der Waals surface area contributed by atoms with Crippen LogP contribution in [0.15, 0.2) is 12.3 Å². The Morgan fingerprint density at radius 3 is 2.08 bits per heavy atom. The zero-order valence-corrected chi connectivity index (χ0v) is 33.8. The first-order valence-corrected chi connectivity index (χ1v) is 19.3. The fourth-order valence-electron chi connectivity index (χ4n) is 6.80. The standard InChI is InChI=1S/C38H60BClN4O8/c1-35(2,3)49-33(45)42-17-18-43(34(46)50-36(4,5)6)24-26(23-42)25-47-19-13-11-15-27-29(40)21-30-28(22-41-44(30)31-16-12-14-20-48-31)32(27)39-51-37(7,8)38(9,10)52-39/h21-22,26,31H,11-20,23-25H2,1-10H3. The number of benzene rings is 1. The van der Waals surface area contributed by atoms with Crippen LogP contribution in [0.5, 0.6) is 0 Å². The van der Waals surface area contributed by atoms with Gasteiger partial charge in [-0.2, -0.15) is 5.10 Å². The van der Waals surface area contributed by atoms with Gasteiger partial charge in [0.25, 0.3) is 0 Å². The summed E-state index contributed by atoms with van der Waals surface area (Å²) in [5.41, 5.74) is 0.540. The number of carbonyl (C=O) groups excluding carboxylic acids is 2. The van der Waals surface area contributed by atoms with Crippen molar-refractivity contribution in [3.05, 3.63) is 22.8 Å². The quantitative estimate of drug-likeness (QED) is 0.195. The van der Waals surface area contributed by atoms with Crippen LogP contribution in [0.4, 0.5) is 9.59 Å². The molecule has 5 rings (SSSR count). The number of unbranched alkanes of at least 4 members (excludes halogenated alkanes) is 1. The maximum atomic E-state index is 13.0. The van der Waals surface area contributed by atoms with Gasteiger partial charge in [0.1, 0.15) is 11.2 Å². The van der Waals surface area contributed by atoms with Gasteiger partial charge in [-0.05, 0) is 125 Å². The molecule has 3 saturated heterocycles. The van der Waals surface area contributed by atoms with Crippen molar-refractivity contribution in [2.75, 3.05) is 46.0 Å². The van der Waals surface area contributed by atoms with Crippen LogP contribution >= 0.6 is 11.6 Å². The molecule has 0 radical (unpaired) electrons. The fourth-order valence-corrected chi connectivity index (χ4v) is 7.10. The normalized spacial score (nSPS) is 21.4. The van der Waals surface area contributed by atoms with E-state index in [1.54, 1.807) is 9.80 Å². The summed E-state index contributed by atoms with van der Waals surface area (Å²) in [6, 6.07) is 2.00. The highest BCUT2D eigenvalue weighted by atomic mass is 35.5. The molecular formula is C38H60BClN4O8. The highest BCUT2D eigenvalue weighted by Gasteiger charge is 2.53. The van der Waals surface area contributed by atoms with Crippen molar-refractivity contribution in [2.45, 2.75) is 136 Å². The molecule has 1 atom stereocenters. The summed E-state index contributed by atoms with van der Waals surface area (Å²) in [5.74, 6) is -0.112. The van der Waals surface area contributed by atoms with Gasteiger partial charge in [-0.1, -0.05) is 11.6 Å². The van der Waals surface area contributed by atoms with E-state index >= 15 is 0 Å². The lowest BCUT2D eigenvalue weighted by Crippen LogP contribution is -2.41. The molecule has 3 aliphatic heterocycles. The van der Waals surface area contributed by atoms with Gasteiger partial charge in [-0.25, -0.2) is 14.3 Å². The molecule has 1 aromatic carbocycles. The Hall–Kier alpha value is -2.58. The van der Waals surface area contributed by atoms with Gasteiger partial charge in [0.15, 0.2) is 6.23 Å². The Morgan fingerprint density at radius 1 is 0.942 bits per heavy atom. The number of carbonyl (C=O) groups is 2. The van der Waals surface area contributed by atoms with Crippen LogP contribution in [0.25, 0.3) is 10.9 Å². The van der Waals surface area contributed by atoms with Crippen molar-refractivity contribution in [3.8, 4) is 0 Å². The third kappa shape index (κ3) is 9.94. The fraction of sp³-hybridized carbons (Fsp3) is 0.763. The second-order valence-electron chi connectivity index (χ2n) is 17.4. The molecule has 0 N–H and O–H groups in total. The smallest absolute Gasteiger partial charge is 0.444 e. The Morgan fingerprint density at radius 2 is 1.54 bits per heavy atom. The first-order valence-electron chi connectivity index (χ1n) is 18.9. The molecular weight excluding hydrogens is 687 g/mol. The van der Waals surface area contributed by atoms with Gasteiger partial charge in [0.2, 0.25) is 0 Å². The molecule has 3 aliphatic rings. The highest BCUT2D eigenvalue weighted by molar-refractivity contribution is 6.66. The summed E-state index contributed by atoms with van der Waals surface area (Å²) in [5, 5.41) is 6.39. The number of fused-ring (bicyclic) bond motifs is 1. The second-order valence-corrected chi connectivity index (χ2v) is 17.8. The number of hydrogen-bond acceptors (Lipinski definition) is 9. The van der Waals surface area contributed by atoms with Gasteiger partial charge in [-0.15, -0.1) is 0 Å². The molecule has 14 heteroatoms. The largest absolute Gasteiger partial charge is 0.495 e. The van der Waals surface area contributed by atoms with Crippen LogP contribution in [-0.2, 0) is 34.7 Å². The Kier molecular flexibility index (Phi) is 12.5. The van der Waals surface area contributed by atoms with Crippen molar-refractivity contribution >= 4 is 47.3 Å². The summed E-state index contributed by atoms with van der Waals surface area (Å²) < 4.78 is 38.8. The van der Waals surface area contributed by atoms with Crippen LogP contribution in [0.2, 0.25) is 5.02 Å². The van der Waals surface area contributed by atoms with E-state index in [0.29, 0.717) is 57.4 Å². The third-order valence-electron chi connectivity index (χ3n) is 10.1. The van der Waals surface area contributed by atoms with E-state index in [2.05, 4.69) is 27.7 Å². The number of hydrogen-bond donors (Lipinski definition) is 0. The topological polar surface area (TPSA) is 114 Å². The lowest BCUT2D eigenvalue weighted by molar-refractivity contribution is -0.0366. The van der Waals surface area contributed by atoms with E-state index in [1.165, 1.54) is 0 Å². The van der Waals surface area contributed by atoms with E-state index < -0.39 is 41.7 Å². The SMILES string of the molecule is CC(C)(C)OC(=O)N1CCN(C(=O)OC(C)(C)C)CC(COCCCCc2c(Cl)cc3c(cnn3C3CCCCO3)c2B2OC(C)(C)C(C)(C)O2)C1. The van der Waals surface area contributed by atoms with Crippen molar-refractivity contribution in [2.24, 2.45) is 5.92 Å². The van der Waals surface area contributed by atoms with E-state index in [-0.39, 0.29) is 12.1 Å². The van der Waals surface area contributed by atoms with Crippen LogP contribution < -0.4 is 5.46 Å². The Balaban J connectivity index is 1.26. The molecule has 0 saturated carbocycles. The molecule has 4 heterocycles. The van der Waals surface area contributed by atoms with Gasteiger partial charge >= 0.3 is 19.3 Å². The summed E-state index contributed by atoms with van der Waals surface area (Å²) in [6.07, 6.45) is 6.32. The zero-order valence-electron chi connectivity index (χ0n) is 33.0. The number of aromatic nitrogens is 2. The molecule has 0 spiro atoms. The molecule has 1 aromatic heterocycles. The van der Waals surface area contributed by atoms with Gasteiger partial charge in [0.05, 0.1) is 29.5 Å². The average Bonchev–Trinajstić information content (AvgIpc) is 3.43. The summed E-state index contributed by atoms with van der Waals surface area (Å²) in [6.45, 7) is 22.5. The predicted octanol–water partition coefficient (Wildman–Crippen LogP) is 7.13. The van der Waals surface area contributed by atoms with Gasteiger partial charge in [0, 0.05) is 55.7 Å². The lowest BCUT2D eigenvalue weighted by atomic mass is 9.73. The molecule has 2 amide bonds. The summed E-state index contributed by atoms with van der Waals surface area (Å²) in [7, 11) is -0.599. The van der Waals surface area contributed by atoms with Crippen LogP contribution in [0.3, 0.4) is 0 Å². The summed E-state index contributed by atoms with van der Waals surface area (Å²) >= 11 is 7.10. The van der Waals surface area contributed by atoms with E-state index in [1.807, 2.05) is 58.5 Å². The third-order valence-corrected chi connectivity index (χ3v) is 10.5. The minimum atomic E-state index is -0.625. The van der Waals surface area contributed by atoms with E-state index in [0.717, 1.165) is 54.0 Å². The monoisotopic (exact) mass is 746 g/mol. The predicted molar refractivity (Wildman–Crippen MR) is 202 cm³/mol. The molecule has 3 fully saturated rings. The number of nitrogens with zero attached hydrogens (tertiary/aromatic N) is 4. The molecule has 0 bridgehead atoms. The number of rotatable bonds is 9. The minimum absolute atomic E-state index is 0.112. The first kappa shape index (κ1) is 40.6. The van der Waals surface area contributed by atoms with Gasteiger partial charge in [-0.3, -0.25) is 0 Å². The van der Waals surface area contributed by atoms with Crippen LogP contribution in [0, 0.1) is 5.92 Å². The highest BCUT2D eigenvalue weighted by Crippen LogP contribution is 2.39. The van der Waals surface area contributed by atoms with Crippen molar-refractivity contribution in [3.63, 3.8) is 0 Å². The second kappa shape index (κ2) is 16.0. The molecule has 290 valence electrons. The molecule has 2 aromatic rings. The average molecular weight is 747 g/mol. The molecule has 0 aliphatic carbocycles. The minimum Gasteiger partial charge on any atom is -0.444 e. The van der Waals surface area contributed by atoms with Crippen molar-refractivity contribution in [1.82, 2.24) is 19.6 Å². The van der Waals surface area contributed by atoms with Gasteiger partial charge < -0.3 is 38.1 Å². The van der Waals surface area contributed by atoms with E-state index in [4.69, 9.17) is 45.0 Å². The summed E-state index contributed by atoms with van der Waals surface area (Å²) in [4.78, 5) is 29.4. The first-order chi connectivity index (χ1) is 24.2. The van der Waals surface area contributed by atoms with Crippen molar-refractivity contribution in [1.29, 1.82) is 0 Å². The maximum absolute atomic E-state index is 13.0. The lowest BCUT2D eigenvalue weighted by Gasteiger charge is -2.32. The number of ether oxygens (including phenoxy) is 4. The number of amides is 2.